The molecule has 0 spiro atoms. The van der Waals surface area contributed by atoms with E-state index in [1.165, 1.54) is 0 Å². The second kappa shape index (κ2) is 8.35. The zero-order valence-corrected chi connectivity index (χ0v) is 12.1. The summed E-state index contributed by atoms with van der Waals surface area (Å²) in [6.45, 7) is 4.10. The van der Waals surface area contributed by atoms with Gasteiger partial charge in [0.1, 0.15) is 0 Å². The summed E-state index contributed by atoms with van der Waals surface area (Å²) in [5.41, 5.74) is 0.710. The fraction of sp³-hybridized carbons (Fsp3) is 0.500. The molecular formula is C16H23NO3. The van der Waals surface area contributed by atoms with Gasteiger partial charge in [0.25, 0.3) is 0 Å². The minimum Gasteiger partial charge on any atom is -0.481 e. The minimum atomic E-state index is -0.919. The number of hydrogen-bond donors (Lipinski definition) is 2. The van der Waals surface area contributed by atoms with Crippen molar-refractivity contribution in [3.63, 3.8) is 0 Å². The summed E-state index contributed by atoms with van der Waals surface area (Å²) < 4.78 is 0. The van der Waals surface area contributed by atoms with Crippen LogP contribution in [0.1, 0.15) is 44.6 Å². The smallest absolute Gasteiger partial charge is 0.312 e. The molecule has 0 bridgehead atoms. The Hall–Kier alpha value is -1.84. The molecule has 0 aliphatic carbocycles. The molecule has 0 aromatic heterocycles. The van der Waals surface area contributed by atoms with Crippen molar-refractivity contribution in [2.24, 2.45) is 5.92 Å². The summed E-state index contributed by atoms with van der Waals surface area (Å²) in [5, 5.41) is 12.0. The monoisotopic (exact) mass is 277 g/mol. The van der Waals surface area contributed by atoms with Gasteiger partial charge in [0.15, 0.2) is 0 Å². The first-order chi connectivity index (χ1) is 9.56. The molecule has 0 aliphatic rings. The van der Waals surface area contributed by atoms with Crippen molar-refractivity contribution < 1.29 is 14.7 Å². The number of hydrogen-bond acceptors (Lipinski definition) is 2. The number of carboxylic acid groups (broad SMARTS) is 1. The number of nitrogens with one attached hydrogen (secondary N) is 1. The normalized spacial score (nSPS) is 13.5. The highest BCUT2D eigenvalue weighted by Gasteiger charge is 2.21. The Bertz CT molecular complexity index is 431. The Morgan fingerprint density at radius 1 is 1.25 bits per heavy atom. The standard InChI is InChI=1S/C16H23NO3/c1-3-4-8-12(2)15(18)17-11-14(16(19)20)13-9-6-5-7-10-13/h5-7,9-10,12,14H,3-4,8,11H2,1-2H3,(H,17,18)(H,19,20). The third-order valence-corrected chi connectivity index (χ3v) is 3.42. The highest BCUT2D eigenvalue weighted by Crippen LogP contribution is 2.15. The summed E-state index contributed by atoms with van der Waals surface area (Å²) in [7, 11) is 0. The molecule has 4 nitrogen and oxygen atoms in total. The predicted octanol–water partition coefficient (Wildman–Crippen LogP) is 2.80. The molecule has 2 N–H and O–H groups in total. The van der Waals surface area contributed by atoms with Gasteiger partial charge in [-0.15, -0.1) is 0 Å². The zero-order valence-electron chi connectivity index (χ0n) is 12.1. The van der Waals surface area contributed by atoms with Gasteiger partial charge in [-0.05, 0) is 12.0 Å². The van der Waals surface area contributed by atoms with Crippen molar-refractivity contribution in [3.8, 4) is 0 Å². The van der Waals surface area contributed by atoms with E-state index in [2.05, 4.69) is 12.2 Å². The predicted molar refractivity (Wildman–Crippen MR) is 78.5 cm³/mol. The maximum absolute atomic E-state index is 11.9. The average Bonchev–Trinajstić information content (AvgIpc) is 2.45. The van der Waals surface area contributed by atoms with Crippen LogP contribution in [0.2, 0.25) is 0 Å². The summed E-state index contributed by atoms with van der Waals surface area (Å²) in [5.74, 6) is -1.75. The third-order valence-electron chi connectivity index (χ3n) is 3.42. The lowest BCUT2D eigenvalue weighted by molar-refractivity contribution is -0.138. The summed E-state index contributed by atoms with van der Waals surface area (Å²) in [4.78, 5) is 23.2. The van der Waals surface area contributed by atoms with Crippen LogP contribution in [0.5, 0.6) is 0 Å². The van der Waals surface area contributed by atoms with E-state index in [9.17, 15) is 14.7 Å². The van der Waals surface area contributed by atoms with Gasteiger partial charge in [0, 0.05) is 12.5 Å². The molecule has 1 rings (SSSR count). The van der Waals surface area contributed by atoms with Crippen LogP contribution in [0.3, 0.4) is 0 Å². The maximum atomic E-state index is 11.9. The van der Waals surface area contributed by atoms with E-state index in [1.54, 1.807) is 24.3 Å². The first-order valence-corrected chi connectivity index (χ1v) is 7.11. The van der Waals surface area contributed by atoms with Crippen LogP contribution in [0.25, 0.3) is 0 Å². The lowest BCUT2D eigenvalue weighted by atomic mass is 9.98. The number of benzene rings is 1. The average molecular weight is 277 g/mol. The quantitative estimate of drug-likeness (QED) is 0.768. The van der Waals surface area contributed by atoms with Crippen molar-refractivity contribution in [2.45, 2.75) is 39.0 Å². The van der Waals surface area contributed by atoms with Crippen LogP contribution < -0.4 is 5.32 Å². The Morgan fingerprint density at radius 3 is 2.45 bits per heavy atom. The number of aliphatic carboxylic acids is 1. The minimum absolute atomic E-state index is 0.0689. The Morgan fingerprint density at radius 2 is 1.90 bits per heavy atom. The van der Waals surface area contributed by atoms with Crippen molar-refractivity contribution in [1.29, 1.82) is 0 Å². The molecule has 0 saturated carbocycles. The Kier molecular flexibility index (Phi) is 6.77. The molecule has 0 fully saturated rings. The third kappa shape index (κ3) is 5.03. The van der Waals surface area contributed by atoms with Gasteiger partial charge in [-0.25, -0.2) is 0 Å². The molecule has 2 unspecified atom stereocenters. The van der Waals surface area contributed by atoms with E-state index in [4.69, 9.17) is 0 Å². The van der Waals surface area contributed by atoms with Gasteiger partial charge < -0.3 is 10.4 Å². The molecule has 2 atom stereocenters. The van der Waals surface area contributed by atoms with Crippen LogP contribution >= 0.6 is 0 Å². The summed E-state index contributed by atoms with van der Waals surface area (Å²) >= 11 is 0. The van der Waals surface area contributed by atoms with Gasteiger partial charge in [-0.1, -0.05) is 57.0 Å². The van der Waals surface area contributed by atoms with E-state index >= 15 is 0 Å². The topological polar surface area (TPSA) is 66.4 Å². The lowest BCUT2D eigenvalue weighted by Gasteiger charge is -2.16. The first kappa shape index (κ1) is 16.2. The number of carbonyl (C=O) groups is 2. The van der Waals surface area contributed by atoms with Gasteiger partial charge in [0.2, 0.25) is 5.91 Å². The molecule has 1 amide bonds. The van der Waals surface area contributed by atoms with E-state index in [-0.39, 0.29) is 18.4 Å². The molecule has 110 valence electrons. The van der Waals surface area contributed by atoms with Crippen molar-refractivity contribution in [2.75, 3.05) is 6.54 Å². The Balaban J connectivity index is 2.56. The maximum Gasteiger partial charge on any atom is 0.312 e. The SMILES string of the molecule is CCCCC(C)C(=O)NCC(C(=O)O)c1ccccc1. The van der Waals surface area contributed by atoms with Crippen molar-refractivity contribution in [1.82, 2.24) is 5.32 Å². The van der Waals surface area contributed by atoms with E-state index < -0.39 is 11.9 Å². The molecule has 4 heteroatoms. The van der Waals surface area contributed by atoms with E-state index in [0.29, 0.717) is 5.56 Å². The number of unbranched alkanes of at least 4 members (excludes halogenated alkanes) is 1. The largest absolute Gasteiger partial charge is 0.481 e. The number of rotatable bonds is 8. The van der Waals surface area contributed by atoms with E-state index in [0.717, 1.165) is 19.3 Å². The molecule has 1 aromatic rings. The number of carbonyl (C=O) groups excluding carboxylic acids is 1. The van der Waals surface area contributed by atoms with Crippen LogP contribution in [0, 0.1) is 5.92 Å². The second-order valence-electron chi connectivity index (χ2n) is 5.09. The van der Waals surface area contributed by atoms with Crippen LogP contribution in [0.15, 0.2) is 30.3 Å². The highest BCUT2D eigenvalue weighted by molar-refractivity contribution is 5.81. The lowest BCUT2D eigenvalue weighted by Crippen LogP contribution is -2.35. The molecule has 0 saturated heterocycles. The van der Waals surface area contributed by atoms with Crippen molar-refractivity contribution in [3.05, 3.63) is 35.9 Å². The number of amides is 1. The molecule has 1 aromatic carbocycles. The number of carboxylic acids is 1. The van der Waals surface area contributed by atoms with E-state index in [1.807, 2.05) is 13.0 Å². The summed E-state index contributed by atoms with van der Waals surface area (Å²) in [6.07, 6.45) is 2.90. The van der Waals surface area contributed by atoms with Gasteiger partial charge in [-0.2, -0.15) is 0 Å². The molecular weight excluding hydrogens is 254 g/mol. The molecule has 0 aliphatic heterocycles. The fourth-order valence-corrected chi connectivity index (χ4v) is 2.05. The molecule has 0 radical (unpaired) electrons. The second-order valence-corrected chi connectivity index (χ2v) is 5.09. The van der Waals surface area contributed by atoms with Crippen LogP contribution in [-0.2, 0) is 9.59 Å². The first-order valence-electron chi connectivity index (χ1n) is 7.11. The molecule has 20 heavy (non-hydrogen) atoms. The Labute approximate surface area is 120 Å². The van der Waals surface area contributed by atoms with Gasteiger partial charge in [0.05, 0.1) is 5.92 Å². The van der Waals surface area contributed by atoms with Crippen LogP contribution in [0.4, 0.5) is 0 Å². The van der Waals surface area contributed by atoms with Crippen LogP contribution in [-0.4, -0.2) is 23.5 Å². The van der Waals surface area contributed by atoms with Gasteiger partial charge >= 0.3 is 5.97 Å². The zero-order chi connectivity index (χ0) is 15.0. The molecule has 0 heterocycles. The fourth-order valence-electron chi connectivity index (χ4n) is 2.05. The van der Waals surface area contributed by atoms with Crippen molar-refractivity contribution >= 4 is 11.9 Å². The van der Waals surface area contributed by atoms with Gasteiger partial charge in [-0.3, -0.25) is 9.59 Å². The summed E-state index contributed by atoms with van der Waals surface area (Å²) in [6, 6.07) is 8.98. The highest BCUT2D eigenvalue weighted by atomic mass is 16.4.